The van der Waals surface area contributed by atoms with Crippen molar-refractivity contribution in [1.82, 2.24) is 4.57 Å². The van der Waals surface area contributed by atoms with Crippen molar-refractivity contribution in [2.45, 2.75) is 39.8 Å². The fourth-order valence-electron chi connectivity index (χ4n) is 1.35. The zero-order valence-electron chi connectivity index (χ0n) is 8.96. The maximum atomic E-state index is 2.45. The summed E-state index contributed by atoms with van der Waals surface area (Å²) in [5.41, 5.74) is 1.44. The molecule has 0 fully saturated rings. The molecule has 0 aliphatic carbocycles. The van der Waals surface area contributed by atoms with E-state index in [0.29, 0.717) is 12.1 Å². The number of imidazole rings is 1. The minimum Gasteiger partial charge on any atom is -1.00 e. The van der Waals surface area contributed by atoms with Crippen LogP contribution >= 0.6 is 28.3 Å². The van der Waals surface area contributed by atoms with Crippen molar-refractivity contribution in [3.8, 4) is 0 Å². The summed E-state index contributed by atoms with van der Waals surface area (Å²) in [6.45, 7) is 8.91. The van der Waals surface area contributed by atoms with E-state index in [0.717, 1.165) is 6.22 Å². The van der Waals surface area contributed by atoms with Crippen molar-refractivity contribution in [1.29, 1.82) is 0 Å². The monoisotopic (exact) mass is 438 g/mol. The molecular weight excluding hydrogens is 421 g/mol. The molecular formula is C9H17I2N2P. The topological polar surface area (TPSA) is 8.81 Å². The van der Waals surface area contributed by atoms with Crippen molar-refractivity contribution >= 4 is 33.8 Å². The van der Waals surface area contributed by atoms with Gasteiger partial charge < -0.3 is 24.0 Å². The molecule has 0 amide bonds. The second-order valence-corrected chi connectivity index (χ2v) is 5.97. The van der Waals surface area contributed by atoms with Crippen molar-refractivity contribution in [3.63, 3.8) is 0 Å². The molecule has 1 atom stereocenters. The quantitative estimate of drug-likeness (QED) is 0.345. The molecule has 82 valence electrons. The standard InChI is InChI=1S/C9H17IN2P.HI/c1-7(2)11-5-6-12(8(3)4)9(11)13-10;/h5-8,13H,1-4H3;1H/q+1;/p-1. The van der Waals surface area contributed by atoms with E-state index in [4.69, 9.17) is 0 Å². The molecule has 0 spiro atoms. The van der Waals surface area contributed by atoms with Gasteiger partial charge in [0.15, 0.2) is 0 Å². The molecule has 0 aromatic carbocycles. The zero-order valence-corrected chi connectivity index (χ0v) is 14.3. The Bertz CT molecular complexity index is 259. The zero-order chi connectivity index (χ0) is 10.0. The Hall–Kier alpha value is 1.10. The summed E-state index contributed by atoms with van der Waals surface area (Å²) in [4.78, 5) is 0. The lowest BCUT2D eigenvalue weighted by Gasteiger charge is -2.06. The first kappa shape index (κ1) is 15.1. The first-order valence-electron chi connectivity index (χ1n) is 4.56. The summed E-state index contributed by atoms with van der Waals surface area (Å²) in [6.07, 6.45) is 5.21. The molecule has 1 unspecified atom stereocenters. The number of nitrogens with zero attached hydrogens (tertiary/aromatic N) is 2. The van der Waals surface area contributed by atoms with E-state index in [1.807, 2.05) is 0 Å². The molecule has 0 bridgehead atoms. The second kappa shape index (κ2) is 6.63. The summed E-state index contributed by atoms with van der Waals surface area (Å²) in [5, 5.41) is 0. The van der Waals surface area contributed by atoms with Gasteiger partial charge in [0.05, 0.1) is 18.3 Å². The average molecular weight is 438 g/mol. The van der Waals surface area contributed by atoms with Gasteiger partial charge in [0.1, 0.15) is 12.4 Å². The van der Waals surface area contributed by atoms with Gasteiger partial charge in [0, 0.05) is 0 Å². The Balaban J connectivity index is 0.00000169. The molecule has 1 aromatic rings. The maximum absolute atomic E-state index is 2.45. The van der Waals surface area contributed by atoms with Crippen LogP contribution in [-0.2, 0) is 0 Å². The first-order valence-corrected chi connectivity index (χ1v) is 8.68. The number of halogens is 2. The highest BCUT2D eigenvalue weighted by atomic mass is 127. The van der Waals surface area contributed by atoms with Crippen LogP contribution in [0, 0.1) is 0 Å². The predicted octanol–water partition coefficient (Wildman–Crippen LogP) is -0.405. The Labute approximate surface area is 118 Å². The third-order valence-electron chi connectivity index (χ3n) is 2.07. The lowest BCUT2D eigenvalue weighted by Crippen LogP contribution is -3.00. The molecule has 14 heavy (non-hydrogen) atoms. The second-order valence-electron chi connectivity index (χ2n) is 3.72. The SMILES string of the molecule is CC(C)n1cc[n+](C(C)C)c1PI.[I-]. The summed E-state index contributed by atoms with van der Waals surface area (Å²) in [6, 6.07) is 1.13. The van der Waals surface area contributed by atoms with Gasteiger partial charge in [0.2, 0.25) is 0 Å². The summed E-state index contributed by atoms with van der Waals surface area (Å²) >= 11 is 2.45. The van der Waals surface area contributed by atoms with Crippen molar-refractivity contribution in [2.24, 2.45) is 0 Å². The van der Waals surface area contributed by atoms with Gasteiger partial charge in [-0.1, -0.05) is 0 Å². The van der Waals surface area contributed by atoms with Crippen LogP contribution in [0.25, 0.3) is 0 Å². The minimum absolute atomic E-state index is 0. The lowest BCUT2D eigenvalue weighted by molar-refractivity contribution is -0.698. The minimum atomic E-state index is 0. The van der Waals surface area contributed by atoms with E-state index in [1.165, 1.54) is 5.57 Å². The highest BCUT2D eigenvalue weighted by Crippen LogP contribution is 2.20. The predicted molar refractivity (Wildman–Crippen MR) is 67.4 cm³/mol. The molecule has 0 aliphatic rings. The van der Waals surface area contributed by atoms with Gasteiger partial charge in [-0.3, -0.25) is 0 Å². The molecule has 0 N–H and O–H groups in total. The Morgan fingerprint density at radius 3 is 2.29 bits per heavy atom. The molecule has 0 saturated carbocycles. The van der Waals surface area contributed by atoms with Crippen molar-refractivity contribution in [2.75, 3.05) is 0 Å². The van der Waals surface area contributed by atoms with Crippen LogP contribution < -0.4 is 34.1 Å². The largest absolute Gasteiger partial charge is 1.00 e. The Morgan fingerprint density at radius 1 is 1.36 bits per heavy atom. The van der Waals surface area contributed by atoms with Crippen molar-refractivity contribution < 1.29 is 28.5 Å². The van der Waals surface area contributed by atoms with Crippen LogP contribution in [0.5, 0.6) is 0 Å². The highest BCUT2D eigenvalue weighted by molar-refractivity contribution is 14.2. The third-order valence-corrected chi connectivity index (χ3v) is 4.21. The molecule has 0 saturated heterocycles. The number of rotatable bonds is 3. The van der Waals surface area contributed by atoms with E-state index < -0.39 is 0 Å². The van der Waals surface area contributed by atoms with Gasteiger partial charge in [-0.25, -0.2) is 9.13 Å². The third kappa shape index (κ3) is 3.30. The van der Waals surface area contributed by atoms with E-state index in [1.54, 1.807) is 0 Å². The molecule has 1 rings (SSSR count). The number of hydrogen-bond donors (Lipinski definition) is 0. The number of hydrogen-bond acceptors (Lipinski definition) is 0. The Kier molecular flexibility index (Phi) is 7.15. The van der Waals surface area contributed by atoms with Gasteiger partial charge in [0.25, 0.3) is 5.57 Å². The smallest absolute Gasteiger partial charge is 0.284 e. The molecule has 5 heteroatoms. The lowest BCUT2D eigenvalue weighted by atomic mass is 10.4. The van der Waals surface area contributed by atoms with E-state index in [9.17, 15) is 0 Å². The van der Waals surface area contributed by atoms with Gasteiger partial charge in [-0.15, -0.1) is 0 Å². The average Bonchev–Trinajstić information content (AvgIpc) is 2.46. The molecule has 1 heterocycles. The molecule has 2 nitrogen and oxygen atoms in total. The Morgan fingerprint density at radius 2 is 1.93 bits per heavy atom. The summed E-state index contributed by atoms with van der Waals surface area (Å²) in [7, 11) is 0. The first-order chi connectivity index (χ1) is 6.07. The van der Waals surface area contributed by atoms with Gasteiger partial charge in [-0.05, 0) is 49.7 Å². The normalized spacial score (nSPS) is 11.6. The van der Waals surface area contributed by atoms with Crippen LogP contribution in [-0.4, -0.2) is 4.57 Å². The fourth-order valence-corrected chi connectivity index (χ4v) is 3.88. The van der Waals surface area contributed by atoms with Gasteiger partial charge in [-0.2, -0.15) is 0 Å². The summed E-state index contributed by atoms with van der Waals surface area (Å²) < 4.78 is 4.70. The van der Waals surface area contributed by atoms with Crippen LogP contribution in [0.4, 0.5) is 0 Å². The van der Waals surface area contributed by atoms with E-state index in [2.05, 4.69) is 71.3 Å². The van der Waals surface area contributed by atoms with Gasteiger partial charge >= 0.3 is 0 Å². The van der Waals surface area contributed by atoms with Crippen LogP contribution in [0.15, 0.2) is 12.4 Å². The van der Waals surface area contributed by atoms with E-state index in [-0.39, 0.29) is 24.0 Å². The summed E-state index contributed by atoms with van der Waals surface area (Å²) in [5.74, 6) is 0. The van der Waals surface area contributed by atoms with Crippen LogP contribution in [0.1, 0.15) is 39.8 Å². The molecule has 0 aliphatic heterocycles. The molecule has 0 radical (unpaired) electrons. The van der Waals surface area contributed by atoms with Crippen molar-refractivity contribution in [3.05, 3.63) is 12.4 Å². The maximum Gasteiger partial charge on any atom is 0.284 e. The highest BCUT2D eigenvalue weighted by Gasteiger charge is 2.19. The fraction of sp³-hybridized carbons (Fsp3) is 0.667. The van der Waals surface area contributed by atoms with Crippen LogP contribution in [0.3, 0.4) is 0 Å². The number of aromatic nitrogens is 2. The van der Waals surface area contributed by atoms with E-state index >= 15 is 0 Å². The van der Waals surface area contributed by atoms with Crippen LogP contribution in [0.2, 0.25) is 0 Å². The molecule has 1 aromatic heterocycles.